The second-order valence-electron chi connectivity index (χ2n) is 5.80. The van der Waals surface area contributed by atoms with E-state index in [-0.39, 0.29) is 5.82 Å². The SMILES string of the molecule is COc1ccc(-c2nc(N3CCN(C)CC3)nc(C(Cl)(Cl)Cl)n2)cc1. The number of ether oxygens (including phenoxy) is 1. The highest BCUT2D eigenvalue weighted by molar-refractivity contribution is 6.66. The lowest BCUT2D eigenvalue weighted by Crippen LogP contribution is -2.45. The summed E-state index contributed by atoms with van der Waals surface area (Å²) in [5.41, 5.74) is 0.800. The molecule has 1 aliphatic heterocycles. The fourth-order valence-electron chi connectivity index (χ4n) is 2.51. The molecule has 25 heavy (non-hydrogen) atoms. The Labute approximate surface area is 161 Å². The van der Waals surface area contributed by atoms with Crippen LogP contribution < -0.4 is 9.64 Å². The first-order chi connectivity index (χ1) is 11.9. The van der Waals surface area contributed by atoms with Gasteiger partial charge in [0.2, 0.25) is 9.74 Å². The molecule has 2 aromatic rings. The maximum atomic E-state index is 6.03. The number of hydrogen-bond donors (Lipinski definition) is 0. The van der Waals surface area contributed by atoms with Crippen LogP contribution in [0.1, 0.15) is 5.82 Å². The van der Waals surface area contributed by atoms with Crippen LogP contribution in [0.15, 0.2) is 24.3 Å². The zero-order valence-electron chi connectivity index (χ0n) is 13.9. The van der Waals surface area contributed by atoms with E-state index < -0.39 is 3.79 Å². The van der Waals surface area contributed by atoms with Crippen LogP contribution in [0.2, 0.25) is 0 Å². The number of likely N-dealkylation sites (N-methyl/N-ethyl adjacent to an activating group) is 1. The minimum absolute atomic E-state index is 0.118. The summed E-state index contributed by atoms with van der Waals surface area (Å²) in [5.74, 6) is 1.86. The van der Waals surface area contributed by atoms with Crippen molar-refractivity contribution in [2.75, 3.05) is 45.2 Å². The highest BCUT2D eigenvalue weighted by atomic mass is 35.6. The van der Waals surface area contributed by atoms with Crippen molar-refractivity contribution in [2.45, 2.75) is 3.79 Å². The Balaban J connectivity index is 2.00. The average Bonchev–Trinajstić information content (AvgIpc) is 2.61. The molecule has 1 aliphatic rings. The van der Waals surface area contributed by atoms with Gasteiger partial charge in [0.1, 0.15) is 5.75 Å². The Morgan fingerprint density at radius 1 is 0.960 bits per heavy atom. The number of rotatable bonds is 3. The Bertz CT molecular complexity index is 728. The van der Waals surface area contributed by atoms with E-state index >= 15 is 0 Å². The van der Waals surface area contributed by atoms with Gasteiger partial charge in [-0.05, 0) is 31.3 Å². The molecule has 134 valence electrons. The molecule has 0 N–H and O–H groups in total. The average molecular weight is 403 g/mol. The maximum absolute atomic E-state index is 6.03. The summed E-state index contributed by atoms with van der Waals surface area (Å²) in [5, 5.41) is 0. The molecule has 9 heteroatoms. The summed E-state index contributed by atoms with van der Waals surface area (Å²) in [6.07, 6.45) is 0. The molecule has 0 aliphatic carbocycles. The Kier molecular flexibility index (Phi) is 5.53. The van der Waals surface area contributed by atoms with E-state index in [1.54, 1.807) is 7.11 Å². The van der Waals surface area contributed by atoms with Crippen molar-refractivity contribution < 1.29 is 4.74 Å². The number of nitrogens with zero attached hydrogens (tertiary/aromatic N) is 5. The lowest BCUT2D eigenvalue weighted by Gasteiger charge is -2.32. The maximum Gasteiger partial charge on any atom is 0.250 e. The van der Waals surface area contributed by atoms with Gasteiger partial charge in [0.25, 0.3) is 0 Å². The van der Waals surface area contributed by atoms with Crippen LogP contribution in [-0.2, 0) is 3.79 Å². The number of piperazine rings is 1. The smallest absolute Gasteiger partial charge is 0.250 e. The zero-order chi connectivity index (χ0) is 18.0. The zero-order valence-corrected chi connectivity index (χ0v) is 16.2. The lowest BCUT2D eigenvalue weighted by atomic mass is 10.2. The molecule has 0 spiro atoms. The summed E-state index contributed by atoms with van der Waals surface area (Å²) < 4.78 is 3.47. The molecule has 0 unspecified atom stereocenters. The number of alkyl halides is 3. The molecule has 1 aromatic heterocycles. The summed E-state index contributed by atoms with van der Waals surface area (Å²) >= 11 is 18.1. The normalized spacial score (nSPS) is 16.1. The van der Waals surface area contributed by atoms with Crippen molar-refractivity contribution in [1.29, 1.82) is 0 Å². The van der Waals surface area contributed by atoms with Crippen molar-refractivity contribution in [3.63, 3.8) is 0 Å². The number of methoxy groups -OCH3 is 1. The monoisotopic (exact) mass is 401 g/mol. The van der Waals surface area contributed by atoms with Crippen LogP contribution >= 0.6 is 34.8 Å². The van der Waals surface area contributed by atoms with Crippen LogP contribution in [-0.4, -0.2) is 60.2 Å². The molecule has 0 bridgehead atoms. The van der Waals surface area contributed by atoms with Crippen molar-refractivity contribution in [2.24, 2.45) is 0 Å². The van der Waals surface area contributed by atoms with E-state index in [0.717, 1.165) is 37.5 Å². The molecule has 0 amide bonds. The second-order valence-corrected chi connectivity index (χ2v) is 8.08. The van der Waals surface area contributed by atoms with E-state index in [2.05, 4.69) is 31.8 Å². The van der Waals surface area contributed by atoms with Gasteiger partial charge in [-0.1, -0.05) is 34.8 Å². The standard InChI is InChI=1S/C16H18Cl3N5O/c1-23-7-9-24(10-8-23)15-21-13(20-14(22-15)16(17,18)19)11-3-5-12(25-2)6-4-11/h3-6H,7-10H2,1-2H3. The van der Waals surface area contributed by atoms with Crippen LogP contribution in [0.3, 0.4) is 0 Å². The summed E-state index contributed by atoms with van der Waals surface area (Å²) in [6, 6.07) is 7.40. The van der Waals surface area contributed by atoms with Gasteiger partial charge in [0.05, 0.1) is 7.11 Å². The number of aromatic nitrogens is 3. The van der Waals surface area contributed by atoms with Crippen molar-refractivity contribution in [1.82, 2.24) is 19.9 Å². The molecule has 1 fully saturated rings. The van der Waals surface area contributed by atoms with Gasteiger partial charge in [-0.25, -0.2) is 4.98 Å². The van der Waals surface area contributed by atoms with Crippen molar-refractivity contribution in [3.8, 4) is 17.1 Å². The number of benzene rings is 1. The Morgan fingerprint density at radius 2 is 1.60 bits per heavy atom. The number of halogens is 3. The van der Waals surface area contributed by atoms with Crippen LogP contribution in [0.4, 0.5) is 5.95 Å². The van der Waals surface area contributed by atoms with Gasteiger partial charge >= 0.3 is 0 Å². The molecule has 0 radical (unpaired) electrons. The molecule has 2 heterocycles. The van der Waals surface area contributed by atoms with E-state index in [9.17, 15) is 0 Å². The topological polar surface area (TPSA) is 54.4 Å². The summed E-state index contributed by atoms with van der Waals surface area (Å²) in [4.78, 5) is 17.6. The Morgan fingerprint density at radius 3 is 2.16 bits per heavy atom. The fourth-order valence-corrected chi connectivity index (χ4v) is 2.76. The quantitative estimate of drug-likeness (QED) is 0.735. The van der Waals surface area contributed by atoms with Gasteiger partial charge in [0.15, 0.2) is 11.6 Å². The van der Waals surface area contributed by atoms with Gasteiger partial charge in [0, 0.05) is 31.7 Å². The van der Waals surface area contributed by atoms with E-state index in [1.165, 1.54) is 0 Å². The first-order valence-corrected chi connectivity index (χ1v) is 8.91. The molecule has 0 atom stereocenters. The molecular formula is C16H18Cl3N5O. The highest BCUT2D eigenvalue weighted by Gasteiger charge is 2.30. The highest BCUT2D eigenvalue weighted by Crippen LogP contribution is 2.37. The summed E-state index contributed by atoms with van der Waals surface area (Å²) in [7, 11) is 3.70. The minimum atomic E-state index is -1.72. The fraction of sp³-hybridized carbons (Fsp3) is 0.438. The van der Waals surface area contributed by atoms with Crippen molar-refractivity contribution >= 4 is 40.8 Å². The third kappa shape index (κ3) is 4.44. The predicted octanol–water partition coefficient (Wildman–Crippen LogP) is 3.13. The second kappa shape index (κ2) is 7.50. The number of hydrogen-bond acceptors (Lipinski definition) is 6. The molecule has 0 saturated carbocycles. The first-order valence-electron chi connectivity index (χ1n) is 7.78. The van der Waals surface area contributed by atoms with Crippen LogP contribution in [0, 0.1) is 0 Å². The van der Waals surface area contributed by atoms with Gasteiger partial charge < -0.3 is 14.5 Å². The Hall–Kier alpha value is -1.34. The molecular weight excluding hydrogens is 385 g/mol. The molecule has 3 rings (SSSR count). The van der Waals surface area contributed by atoms with Crippen molar-refractivity contribution in [3.05, 3.63) is 30.1 Å². The van der Waals surface area contributed by atoms with Crippen LogP contribution in [0.5, 0.6) is 5.75 Å². The van der Waals surface area contributed by atoms with E-state index in [0.29, 0.717) is 11.8 Å². The largest absolute Gasteiger partial charge is 0.497 e. The van der Waals surface area contributed by atoms with Gasteiger partial charge in [-0.3, -0.25) is 0 Å². The summed E-state index contributed by atoms with van der Waals surface area (Å²) in [6.45, 7) is 3.46. The minimum Gasteiger partial charge on any atom is -0.497 e. The first kappa shape index (κ1) is 18.5. The van der Waals surface area contributed by atoms with Crippen LogP contribution in [0.25, 0.3) is 11.4 Å². The van der Waals surface area contributed by atoms with E-state index in [4.69, 9.17) is 39.5 Å². The van der Waals surface area contributed by atoms with Gasteiger partial charge in [-0.15, -0.1) is 0 Å². The number of anilines is 1. The molecule has 1 saturated heterocycles. The third-order valence-electron chi connectivity index (χ3n) is 4.01. The van der Waals surface area contributed by atoms with E-state index in [1.807, 2.05) is 24.3 Å². The van der Waals surface area contributed by atoms with Gasteiger partial charge in [-0.2, -0.15) is 9.97 Å². The molecule has 1 aromatic carbocycles. The third-order valence-corrected chi connectivity index (χ3v) is 4.52. The predicted molar refractivity (Wildman–Crippen MR) is 101 cm³/mol. The lowest BCUT2D eigenvalue weighted by molar-refractivity contribution is 0.311. The molecule has 6 nitrogen and oxygen atoms in total.